The van der Waals surface area contributed by atoms with Crippen LogP contribution < -0.4 is 9.80 Å². The summed E-state index contributed by atoms with van der Waals surface area (Å²) in [5, 5.41) is 20.4. The molecule has 2 fully saturated rings. The van der Waals surface area contributed by atoms with Crippen molar-refractivity contribution >= 4 is 23.0 Å². The van der Waals surface area contributed by atoms with E-state index in [9.17, 15) is 14.9 Å². The summed E-state index contributed by atoms with van der Waals surface area (Å²) < 4.78 is 0. The Kier molecular flexibility index (Phi) is 6.78. The lowest BCUT2D eigenvalue weighted by Gasteiger charge is -2.34. The molecule has 2 saturated heterocycles. The van der Waals surface area contributed by atoms with E-state index in [4.69, 9.17) is 5.26 Å². The first-order valence-electron chi connectivity index (χ1n) is 11.5. The summed E-state index contributed by atoms with van der Waals surface area (Å²) in [6.07, 6.45) is 2.90. The van der Waals surface area contributed by atoms with Crippen LogP contribution in [-0.4, -0.2) is 55.0 Å². The van der Waals surface area contributed by atoms with Crippen molar-refractivity contribution in [1.82, 2.24) is 4.90 Å². The number of nitro groups is 1. The standard InChI is InChI=1S/C25H29N5O3/c1-19-9-13-28(14-10-19)24-8-7-22(30(32)33)17-23(24)25(31)29-12-2-11-27(15-16-29)21-5-3-20(18-26)4-6-21/h3-8,17,19H,2,9-16H2,1H3. The van der Waals surface area contributed by atoms with Gasteiger partial charge in [-0.05, 0) is 55.5 Å². The average molecular weight is 448 g/mol. The number of piperidine rings is 1. The Balaban J connectivity index is 1.54. The van der Waals surface area contributed by atoms with Gasteiger partial charge >= 0.3 is 0 Å². The molecule has 0 unspecified atom stereocenters. The fraction of sp³-hybridized carbons (Fsp3) is 0.440. The van der Waals surface area contributed by atoms with Crippen molar-refractivity contribution in [3.8, 4) is 6.07 Å². The maximum atomic E-state index is 13.6. The Morgan fingerprint density at radius 3 is 2.39 bits per heavy atom. The predicted molar refractivity (Wildman–Crippen MR) is 128 cm³/mol. The molecule has 0 radical (unpaired) electrons. The normalized spacial score (nSPS) is 17.4. The minimum absolute atomic E-state index is 0.0542. The van der Waals surface area contributed by atoms with Gasteiger partial charge in [-0.1, -0.05) is 6.92 Å². The monoisotopic (exact) mass is 447 g/mol. The van der Waals surface area contributed by atoms with Crippen molar-refractivity contribution in [1.29, 1.82) is 5.26 Å². The number of anilines is 2. The number of hydrogen-bond acceptors (Lipinski definition) is 6. The maximum Gasteiger partial charge on any atom is 0.270 e. The van der Waals surface area contributed by atoms with Crippen molar-refractivity contribution < 1.29 is 9.72 Å². The molecule has 2 aliphatic rings. The van der Waals surface area contributed by atoms with E-state index in [1.54, 1.807) is 18.2 Å². The lowest BCUT2D eigenvalue weighted by Crippen LogP contribution is -2.38. The number of hydrogen-bond donors (Lipinski definition) is 0. The minimum Gasteiger partial charge on any atom is -0.371 e. The van der Waals surface area contributed by atoms with Gasteiger partial charge in [0.15, 0.2) is 0 Å². The van der Waals surface area contributed by atoms with Gasteiger partial charge in [-0.2, -0.15) is 5.26 Å². The second-order valence-electron chi connectivity index (χ2n) is 8.92. The van der Waals surface area contributed by atoms with Crippen LogP contribution in [0.4, 0.5) is 17.1 Å². The molecule has 2 aliphatic heterocycles. The first-order chi connectivity index (χ1) is 16.0. The van der Waals surface area contributed by atoms with Gasteiger partial charge in [0.2, 0.25) is 0 Å². The minimum atomic E-state index is -0.437. The van der Waals surface area contributed by atoms with Gasteiger partial charge in [0, 0.05) is 57.1 Å². The van der Waals surface area contributed by atoms with Crippen LogP contribution in [0.25, 0.3) is 0 Å². The molecule has 4 rings (SSSR count). The number of amides is 1. The zero-order valence-corrected chi connectivity index (χ0v) is 18.9. The predicted octanol–water partition coefficient (Wildman–Crippen LogP) is 4.06. The Morgan fingerprint density at radius 2 is 1.73 bits per heavy atom. The Bertz CT molecular complexity index is 1050. The lowest BCUT2D eigenvalue weighted by atomic mass is 9.97. The largest absolute Gasteiger partial charge is 0.371 e. The summed E-state index contributed by atoms with van der Waals surface area (Å²) in [4.78, 5) is 30.8. The maximum absolute atomic E-state index is 13.6. The van der Waals surface area contributed by atoms with E-state index in [0.717, 1.165) is 50.3 Å². The molecule has 0 saturated carbocycles. The molecule has 0 atom stereocenters. The zero-order valence-electron chi connectivity index (χ0n) is 18.9. The third-order valence-corrected chi connectivity index (χ3v) is 6.69. The third-order valence-electron chi connectivity index (χ3n) is 6.69. The second kappa shape index (κ2) is 9.90. The van der Waals surface area contributed by atoms with Crippen molar-refractivity contribution in [3.05, 3.63) is 63.7 Å². The first kappa shape index (κ1) is 22.6. The summed E-state index contributed by atoms with van der Waals surface area (Å²) in [5.74, 6) is 0.506. The van der Waals surface area contributed by atoms with Crippen LogP contribution >= 0.6 is 0 Å². The van der Waals surface area contributed by atoms with Crippen LogP contribution in [0, 0.1) is 27.4 Å². The SMILES string of the molecule is CC1CCN(c2ccc([N+](=O)[O-])cc2C(=O)N2CCCN(c3ccc(C#N)cc3)CC2)CC1. The van der Waals surface area contributed by atoms with Crippen LogP contribution in [-0.2, 0) is 0 Å². The summed E-state index contributed by atoms with van der Waals surface area (Å²) in [7, 11) is 0. The van der Waals surface area contributed by atoms with E-state index in [0.29, 0.717) is 36.7 Å². The van der Waals surface area contributed by atoms with E-state index in [-0.39, 0.29) is 11.6 Å². The number of benzene rings is 2. The molecule has 8 heteroatoms. The van der Waals surface area contributed by atoms with E-state index in [1.165, 1.54) is 12.1 Å². The van der Waals surface area contributed by atoms with Crippen LogP contribution in [0.3, 0.4) is 0 Å². The molecule has 0 N–H and O–H groups in total. The highest BCUT2D eigenvalue weighted by molar-refractivity contribution is 6.00. The van der Waals surface area contributed by atoms with Gasteiger partial charge in [-0.25, -0.2) is 0 Å². The van der Waals surface area contributed by atoms with Crippen LogP contribution in [0.1, 0.15) is 42.1 Å². The van der Waals surface area contributed by atoms with Gasteiger partial charge in [-0.3, -0.25) is 14.9 Å². The summed E-state index contributed by atoms with van der Waals surface area (Å²) in [6, 6.07) is 14.3. The molecule has 1 amide bonds. The molecular weight excluding hydrogens is 418 g/mol. The molecule has 33 heavy (non-hydrogen) atoms. The number of nitrogens with zero attached hydrogens (tertiary/aromatic N) is 5. The van der Waals surface area contributed by atoms with Crippen molar-refractivity contribution in [2.75, 3.05) is 49.1 Å². The number of carbonyl (C=O) groups is 1. The molecule has 0 bridgehead atoms. The third kappa shape index (κ3) is 5.08. The number of nitro benzene ring substituents is 1. The number of nitriles is 1. The van der Waals surface area contributed by atoms with E-state index >= 15 is 0 Å². The highest BCUT2D eigenvalue weighted by Crippen LogP contribution is 2.30. The Hall–Kier alpha value is -3.60. The van der Waals surface area contributed by atoms with Gasteiger partial charge in [-0.15, -0.1) is 0 Å². The van der Waals surface area contributed by atoms with Gasteiger partial charge < -0.3 is 14.7 Å². The van der Waals surface area contributed by atoms with Crippen molar-refractivity contribution in [2.24, 2.45) is 5.92 Å². The fourth-order valence-corrected chi connectivity index (χ4v) is 4.63. The molecule has 2 heterocycles. The van der Waals surface area contributed by atoms with E-state index < -0.39 is 4.92 Å². The molecule has 8 nitrogen and oxygen atoms in total. The molecule has 172 valence electrons. The summed E-state index contributed by atoms with van der Waals surface area (Å²) in [5.41, 5.74) is 2.82. The van der Waals surface area contributed by atoms with Crippen LogP contribution in [0.5, 0.6) is 0 Å². The smallest absolute Gasteiger partial charge is 0.270 e. The molecular formula is C25H29N5O3. The Labute approximate surface area is 194 Å². The number of rotatable bonds is 4. The highest BCUT2D eigenvalue weighted by Gasteiger charge is 2.27. The van der Waals surface area contributed by atoms with Crippen molar-refractivity contribution in [2.45, 2.75) is 26.2 Å². The van der Waals surface area contributed by atoms with Gasteiger partial charge in [0.25, 0.3) is 11.6 Å². The van der Waals surface area contributed by atoms with Crippen molar-refractivity contribution in [3.63, 3.8) is 0 Å². The molecule has 0 aromatic heterocycles. The lowest BCUT2D eigenvalue weighted by molar-refractivity contribution is -0.384. The first-order valence-corrected chi connectivity index (χ1v) is 11.5. The topological polar surface area (TPSA) is 93.7 Å². The summed E-state index contributed by atoms with van der Waals surface area (Å²) in [6.45, 7) is 6.56. The molecule has 2 aromatic rings. The average Bonchev–Trinajstić information content (AvgIpc) is 3.10. The molecule has 2 aromatic carbocycles. The van der Waals surface area contributed by atoms with Gasteiger partial charge in [0.1, 0.15) is 0 Å². The van der Waals surface area contributed by atoms with E-state index in [1.807, 2.05) is 17.0 Å². The molecule has 0 aliphatic carbocycles. The van der Waals surface area contributed by atoms with E-state index in [2.05, 4.69) is 22.8 Å². The van der Waals surface area contributed by atoms with Crippen LogP contribution in [0.15, 0.2) is 42.5 Å². The Morgan fingerprint density at radius 1 is 1.00 bits per heavy atom. The number of non-ortho nitro benzene ring substituents is 1. The van der Waals surface area contributed by atoms with Crippen LogP contribution in [0.2, 0.25) is 0 Å². The quantitative estimate of drug-likeness (QED) is 0.518. The highest BCUT2D eigenvalue weighted by atomic mass is 16.6. The molecule has 0 spiro atoms. The zero-order chi connectivity index (χ0) is 23.4. The second-order valence-corrected chi connectivity index (χ2v) is 8.92. The number of carbonyl (C=O) groups excluding carboxylic acids is 1. The van der Waals surface area contributed by atoms with Gasteiger partial charge in [0.05, 0.1) is 27.8 Å². The summed E-state index contributed by atoms with van der Waals surface area (Å²) >= 11 is 0. The fourth-order valence-electron chi connectivity index (χ4n) is 4.63.